The average Bonchev–Trinajstić information content (AvgIpc) is 3.21. The summed E-state index contributed by atoms with van der Waals surface area (Å²) >= 11 is 5.90. The van der Waals surface area contributed by atoms with Gasteiger partial charge in [0.25, 0.3) is 5.91 Å². The van der Waals surface area contributed by atoms with Crippen LogP contribution in [0.3, 0.4) is 0 Å². The van der Waals surface area contributed by atoms with Crippen molar-refractivity contribution in [3.63, 3.8) is 0 Å². The van der Waals surface area contributed by atoms with Crippen LogP contribution in [0.2, 0.25) is 5.02 Å². The predicted molar refractivity (Wildman–Crippen MR) is 103 cm³/mol. The first-order valence-corrected chi connectivity index (χ1v) is 9.56. The van der Waals surface area contributed by atoms with Crippen molar-refractivity contribution in [1.29, 1.82) is 0 Å². The van der Waals surface area contributed by atoms with E-state index in [4.69, 9.17) is 11.6 Å². The highest BCUT2D eigenvalue weighted by Crippen LogP contribution is 2.59. The molecule has 140 valence electrons. The summed E-state index contributed by atoms with van der Waals surface area (Å²) in [5.41, 5.74) is 1.48. The minimum Gasteiger partial charge on any atom is -0.340 e. The summed E-state index contributed by atoms with van der Waals surface area (Å²) in [5, 5.41) is 0.619. The van der Waals surface area contributed by atoms with Crippen molar-refractivity contribution >= 4 is 23.4 Å². The lowest BCUT2D eigenvalue weighted by Crippen LogP contribution is -2.32. The van der Waals surface area contributed by atoms with Crippen molar-refractivity contribution in [2.75, 3.05) is 20.1 Å². The number of aromatic nitrogens is 1. The number of pyridine rings is 1. The van der Waals surface area contributed by atoms with Gasteiger partial charge in [0.15, 0.2) is 0 Å². The summed E-state index contributed by atoms with van der Waals surface area (Å²) in [6, 6.07) is 12.7. The van der Waals surface area contributed by atoms with Gasteiger partial charge in [0.1, 0.15) is 0 Å². The molecule has 2 aliphatic rings. The van der Waals surface area contributed by atoms with Crippen LogP contribution in [-0.4, -0.2) is 46.7 Å². The molecule has 1 aromatic carbocycles. The van der Waals surface area contributed by atoms with Crippen LogP contribution >= 0.6 is 11.6 Å². The van der Waals surface area contributed by atoms with Crippen LogP contribution in [0, 0.1) is 11.3 Å². The molecule has 1 saturated carbocycles. The summed E-state index contributed by atoms with van der Waals surface area (Å²) in [6.07, 6.45) is 3.49. The first-order valence-electron chi connectivity index (χ1n) is 9.18. The third-order valence-electron chi connectivity index (χ3n) is 5.75. The van der Waals surface area contributed by atoms with Gasteiger partial charge < -0.3 is 9.80 Å². The van der Waals surface area contributed by atoms with Gasteiger partial charge in [-0.2, -0.15) is 0 Å². The zero-order chi connectivity index (χ0) is 19.0. The number of carbonyl (C=O) groups excluding carboxylic acids is 2. The number of amides is 2. The van der Waals surface area contributed by atoms with Gasteiger partial charge in [0.2, 0.25) is 5.91 Å². The minimum absolute atomic E-state index is 0.00855. The molecule has 1 spiro atoms. The molecular formula is C21H22ClN3O2. The molecule has 0 bridgehead atoms. The summed E-state index contributed by atoms with van der Waals surface area (Å²) in [7, 11) is 1.83. The van der Waals surface area contributed by atoms with Crippen molar-refractivity contribution in [3.8, 4) is 0 Å². The van der Waals surface area contributed by atoms with Gasteiger partial charge in [0.05, 0.1) is 12.2 Å². The largest absolute Gasteiger partial charge is 0.340 e. The van der Waals surface area contributed by atoms with Crippen LogP contribution in [0.25, 0.3) is 0 Å². The van der Waals surface area contributed by atoms with Gasteiger partial charge in [-0.15, -0.1) is 0 Å². The average molecular weight is 384 g/mol. The number of hydrogen-bond donors (Lipinski definition) is 0. The van der Waals surface area contributed by atoms with E-state index in [1.807, 2.05) is 30.1 Å². The highest BCUT2D eigenvalue weighted by atomic mass is 35.5. The first-order chi connectivity index (χ1) is 13.0. The number of likely N-dealkylation sites (tertiary alicyclic amines) is 1. The molecule has 2 atom stereocenters. The fourth-order valence-electron chi connectivity index (χ4n) is 4.07. The molecule has 27 heavy (non-hydrogen) atoms. The quantitative estimate of drug-likeness (QED) is 0.814. The van der Waals surface area contributed by atoms with Crippen LogP contribution in [-0.2, 0) is 11.3 Å². The maximum absolute atomic E-state index is 12.8. The van der Waals surface area contributed by atoms with E-state index in [1.54, 1.807) is 35.4 Å². The van der Waals surface area contributed by atoms with Crippen molar-refractivity contribution in [3.05, 3.63) is 64.9 Å². The fourth-order valence-corrected chi connectivity index (χ4v) is 4.20. The Kier molecular flexibility index (Phi) is 4.64. The lowest BCUT2D eigenvalue weighted by atomic mass is 10.0. The normalized spacial score (nSPS) is 23.5. The summed E-state index contributed by atoms with van der Waals surface area (Å²) < 4.78 is 0. The number of rotatable bonds is 4. The number of hydrogen-bond acceptors (Lipinski definition) is 3. The molecule has 5 nitrogen and oxygen atoms in total. The molecule has 1 aromatic heterocycles. The second-order valence-electron chi connectivity index (χ2n) is 7.62. The third-order valence-corrected chi connectivity index (χ3v) is 6.01. The molecule has 0 radical (unpaired) electrons. The van der Waals surface area contributed by atoms with Crippen LogP contribution in [0.4, 0.5) is 0 Å². The molecule has 4 rings (SSSR count). The Labute approximate surface area is 163 Å². The Morgan fingerprint density at radius 2 is 2.04 bits per heavy atom. The van der Waals surface area contributed by atoms with Crippen molar-refractivity contribution in [2.45, 2.75) is 19.4 Å². The van der Waals surface area contributed by atoms with Gasteiger partial charge in [-0.1, -0.05) is 17.7 Å². The van der Waals surface area contributed by atoms with Gasteiger partial charge >= 0.3 is 0 Å². The van der Waals surface area contributed by atoms with E-state index in [9.17, 15) is 9.59 Å². The number of nitrogens with zero attached hydrogens (tertiary/aromatic N) is 3. The monoisotopic (exact) mass is 383 g/mol. The highest BCUT2D eigenvalue weighted by Gasteiger charge is 2.61. The van der Waals surface area contributed by atoms with E-state index in [0.29, 0.717) is 30.2 Å². The molecule has 1 aliphatic heterocycles. The van der Waals surface area contributed by atoms with E-state index < -0.39 is 0 Å². The van der Waals surface area contributed by atoms with Gasteiger partial charge in [-0.25, -0.2) is 0 Å². The van der Waals surface area contributed by atoms with Crippen LogP contribution < -0.4 is 0 Å². The second-order valence-corrected chi connectivity index (χ2v) is 8.05. The zero-order valence-electron chi connectivity index (χ0n) is 15.3. The fraction of sp³-hybridized carbons (Fsp3) is 0.381. The maximum atomic E-state index is 12.8. The predicted octanol–water partition coefficient (Wildman–Crippen LogP) is 3.25. The molecule has 1 aliphatic carbocycles. The Hall–Kier alpha value is -2.40. The van der Waals surface area contributed by atoms with Crippen molar-refractivity contribution in [1.82, 2.24) is 14.8 Å². The number of benzene rings is 1. The molecular weight excluding hydrogens is 362 g/mol. The standard InChI is InChI=1S/C21H22ClN3O2/c1-24(13-17-4-2-3-10-23-17)20(27)18-12-21(18)9-11-25(14-21)19(26)15-5-7-16(22)8-6-15/h2-8,10,18H,9,11-14H2,1H3/t18-,21-/m1/s1. The minimum atomic E-state index is -0.0441. The van der Waals surface area contributed by atoms with E-state index in [0.717, 1.165) is 18.5 Å². The lowest BCUT2D eigenvalue weighted by Gasteiger charge is -2.19. The van der Waals surface area contributed by atoms with Crippen LogP contribution in [0.15, 0.2) is 48.7 Å². The van der Waals surface area contributed by atoms with Crippen molar-refractivity contribution in [2.24, 2.45) is 11.3 Å². The molecule has 1 saturated heterocycles. The number of halogens is 1. The molecule has 2 aromatic rings. The van der Waals surface area contributed by atoms with Crippen LogP contribution in [0.5, 0.6) is 0 Å². The lowest BCUT2D eigenvalue weighted by molar-refractivity contribution is -0.132. The first kappa shape index (κ1) is 18.0. The SMILES string of the molecule is CN(Cc1ccccn1)C(=O)[C@H]1C[C@@]12CCN(C(=O)c1ccc(Cl)cc1)C2. The zero-order valence-corrected chi connectivity index (χ0v) is 16.0. The Morgan fingerprint density at radius 3 is 2.74 bits per heavy atom. The summed E-state index contributed by atoms with van der Waals surface area (Å²) in [5.74, 6) is 0.180. The molecule has 2 fully saturated rings. The Morgan fingerprint density at radius 1 is 1.26 bits per heavy atom. The van der Waals surface area contributed by atoms with E-state index in [2.05, 4.69) is 4.98 Å². The second kappa shape index (κ2) is 6.97. The van der Waals surface area contributed by atoms with E-state index >= 15 is 0 Å². The molecule has 0 unspecified atom stereocenters. The van der Waals surface area contributed by atoms with Gasteiger partial charge in [-0.05, 0) is 49.2 Å². The van der Waals surface area contributed by atoms with Crippen molar-refractivity contribution < 1.29 is 9.59 Å². The van der Waals surface area contributed by atoms with E-state index in [1.165, 1.54) is 0 Å². The highest BCUT2D eigenvalue weighted by molar-refractivity contribution is 6.30. The molecule has 2 heterocycles. The smallest absolute Gasteiger partial charge is 0.253 e. The number of carbonyl (C=O) groups is 2. The third kappa shape index (κ3) is 3.56. The maximum Gasteiger partial charge on any atom is 0.253 e. The Bertz CT molecular complexity index is 855. The molecule has 6 heteroatoms. The van der Waals surface area contributed by atoms with E-state index in [-0.39, 0.29) is 23.1 Å². The van der Waals surface area contributed by atoms with Gasteiger partial charge in [-0.3, -0.25) is 14.6 Å². The van der Waals surface area contributed by atoms with Gasteiger partial charge in [0, 0.05) is 48.3 Å². The molecule has 0 N–H and O–H groups in total. The van der Waals surface area contributed by atoms with Crippen LogP contribution in [0.1, 0.15) is 28.9 Å². The summed E-state index contributed by atoms with van der Waals surface area (Å²) in [6.45, 7) is 1.87. The molecule has 2 amide bonds. The topological polar surface area (TPSA) is 53.5 Å². The summed E-state index contributed by atoms with van der Waals surface area (Å²) in [4.78, 5) is 33.5. The Balaban J connectivity index is 1.37.